The number of hydrogen-bond acceptors (Lipinski definition) is 3. The number of hydrogen-bond donors (Lipinski definition) is 1. The first-order valence-electron chi connectivity index (χ1n) is 3.83. The predicted molar refractivity (Wildman–Crippen MR) is 51.7 cm³/mol. The molecule has 13 heavy (non-hydrogen) atoms. The molecule has 0 aliphatic heterocycles. The van der Waals surface area contributed by atoms with Crippen LogP contribution in [-0.2, 0) is 11.4 Å². The second kappa shape index (κ2) is 4.46. The molecule has 0 heterocycles. The van der Waals surface area contributed by atoms with Gasteiger partial charge < -0.3 is 4.74 Å². The third-order valence-corrected chi connectivity index (χ3v) is 2.21. The molecular weight excluding hydrogens is 190 g/mol. The van der Waals surface area contributed by atoms with Crippen LogP contribution in [0.1, 0.15) is 11.1 Å². The quantitative estimate of drug-likeness (QED) is 0.762. The Morgan fingerprint density at radius 3 is 2.69 bits per heavy atom. The number of halogens is 1. The highest BCUT2D eigenvalue weighted by molar-refractivity contribution is 6.31. The van der Waals surface area contributed by atoms with Gasteiger partial charge in [-0.1, -0.05) is 11.6 Å². The molecule has 0 aliphatic rings. The number of aryl methyl sites for hydroxylation is 1. The third kappa shape index (κ3) is 2.34. The van der Waals surface area contributed by atoms with Crippen molar-refractivity contribution >= 4 is 11.6 Å². The Morgan fingerprint density at radius 2 is 2.15 bits per heavy atom. The molecule has 0 saturated carbocycles. The van der Waals surface area contributed by atoms with E-state index in [0.717, 1.165) is 16.9 Å². The van der Waals surface area contributed by atoms with Gasteiger partial charge in [-0.2, -0.15) is 0 Å². The van der Waals surface area contributed by atoms with Crippen LogP contribution in [0, 0.1) is 6.92 Å². The number of benzene rings is 1. The van der Waals surface area contributed by atoms with E-state index in [1.54, 1.807) is 13.2 Å². The van der Waals surface area contributed by atoms with Crippen molar-refractivity contribution in [2.24, 2.45) is 5.90 Å². The van der Waals surface area contributed by atoms with Crippen molar-refractivity contribution in [1.29, 1.82) is 0 Å². The zero-order chi connectivity index (χ0) is 9.84. The summed E-state index contributed by atoms with van der Waals surface area (Å²) in [5.74, 6) is 5.72. The van der Waals surface area contributed by atoms with Crippen molar-refractivity contribution in [3.8, 4) is 5.75 Å². The maximum absolute atomic E-state index is 5.93. The SMILES string of the molecule is COc1cc(C)c(Cl)cc1CON. The zero-order valence-corrected chi connectivity index (χ0v) is 8.39. The van der Waals surface area contributed by atoms with Crippen LogP contribution in [0.2, 0.25) is 5.02 Å². The van der Waals surface area contributed by atoms with Crippen molar-refractivity contribution in [2.75, 3.05) is 7.11 Å². The third-order valence-electron chi connectivity index (χ3n) is 1.80. The monoisotopic (exact) mass is 201 g/mol. The van der Waals surface area contributed by atoms with E-state index in [4.69, 9.17) is 22.2 Å². The molecule has 0 radical (unpaired) electrons. The Labute approximate surface area is 82.4 Å². The first kappa shape index (κ1) is 10.3. The van der Waals surface area contributed by atoms with Crippen molar-refractivity contribution in [1.82, 2.24) is 0 Å². The van der Waals surface area contributed by atoms with E-state index in [9.17, 15) is 0 Å². The van der Waals surface area contributed by atoms with E-state index in [2.05, 4.69) is 4.84 Å². The highest BCUT2D eigenvalue weighted by Crippen LogP contribution is 2.26. The van der Waals surface area contributed by atoms with Crippen molar-refractivity contribution < 1.29 is 9.57 Å². The molecule has 1 rings (SSSR count). The lowest BCUT2D eigenvalue weighted by Crippen LogP contribution is -2.01. The summed E-state index contributed by atoms with van der Waals surface area (Å²) in [5.41, 5.74) is 1.82. The summed E-state index contributed by atoms with van der Waals surface area (Å²) >= 11 is 5.93. The maximum atomic E-state index is 5.93. The first-order valence-corrected chi connectivity index (χ1v) is 4.21. The molecule has 4 heteroatoms. The van der Waals surface area contributed by atoms with Crippen molar-refractivity contribution in [3.05, 3.63) is 28.3 Å². The first-order chi connectivity index (χ1) is 6.19. The fraction of sp³-hybridized carbons (Fsp3) is 0.333. The van der Waals surface area contributed by atoms with Crippen molar-refractivity contribution in [2.45, 2.75) is 13.5 Å². The van der Waals surface area contributed by atoms with Crippen LogP contribution in [0.25, 0.3) is 0 Å². The van der Waals surface area contributed by atoms with Gasteiger partial charge in [0.1, 0.15) is 5.75 Å². The fourth-order valence-electron chi connectivity index (χ4n) is 1.09. The van der Waals surface area contributed by atoms with Crippen LogP contribution in [0.5, 0.6) is 5.75 Å². The molecule has 0 spiro atoms. The molecule has 1 aromatic carbocycles. The van der Waals surface area contributed by atoms with E-state index in [1.165, 1.54) is 0 Å². The second-order valence-electron chi connectivity index (χ2n) is 2.72. The van der Waals surface area contributed by atoms with E-state index < -0.39 is 0 Å². The van der Waals surface area contributed by atoms with Crippen LogP contribution in [0.15, 0.2) is 12.1 Å². The maximum Gasteiger partial charge on any atom is 0.124 e. The molecule has 0 fully saturated rings. The highest BCUT2D eigenvalue weighted by atomic mass is 35.5. The van der Waals surface area contributed by atoms with Crippen LogP contribution < -0.4 is 10.6 Å². The van der Waals surface area contributed by atoms with Crippen LogP contribution in [-0.4, -0.2) is 7.11 Å². The molecule has 0 aliphatic carbocycles. The number of nitrogens with two attached hydrogens (primary N) is 1. The minimum absolute atomic E-state index is 0.295. The standard InChI is InChI=1S/C9H12ClNO2/c1-6-3-9(12-2)7(5-13-11)4-8(6)10/h3-4H,5,11H2,1-2H3. The average Bonchev–Trinajstić information content (AvgIpc) is 2.11. The Kier molecular flexibility index (Phi) is 3.54. The second-order valence-corrected chi connectivity index (χ2v) is 3.13. The van der Waals surface area contributed by atoms with E-state index in [1.807, 2.05) is 13.0 Å². The van der Waals surface area contributed by atoms with Gasteiger partial charge in [0.05, 0.1) is 13.7 Å². The van der Waals surface area contributed by atoms with E-state index in [-0.39, 0.29) is 0 Å². The molecular formula is C9H12ClNO2. The number of ether oxygens (including phenoxy) is 1. The Balaban J connectivity index is 3.09. The molecule has 0 amide bonds. The molecule has 0 bridgehead atoms. The molecule has 0 atom stereocenters. The fourth-order valence-corrected chi connectivity index (χ4v) is 1.28. The highest BCUT2D eigenvalue weighted by Gasteiger charge is 2.06. The minimum atomic E-state index is 0.295. The summed E-state index contributed by atoms with van der Waals surface area (Å²) in [6.45, 7) is 2.21. The summed E-state index contributed by atoms with van der Waals surface area (Å²) in [6.07, 6.45) is 0. The van der Waals surface area contributed by atoms with Gasteiger partial charge in [0.2, 0.25) is 0 Å². The smallest absolute Gasteiger partial charge is 0.124 e. The van der Waals surface area contributed by atoms with Crippen LogP contribution in [0.3, 0.4) is 0 Å². The van der Waals surface area contributed by atoms with Crippen LogP contribution in [0.4, 0.5) is 0 Å². The zero-order valence-electron chi connectivity index (χ0n) is 7.63. The summed E-state index contributed by atoms with van der Waals surface area (Å²) in [5, 5.41) is 0.688. The lowest BCUT2D eigenvalue weighted by atomic mass is 10.1. The molecule has 0 unspecified atom stereocenters. The van der Waals surface area contributed by atoms with Gasteiger partial charge in [-0.15, -0.1) is 0 Å². The topological polar surface area (TPSA) is 44.5 Å². The normalized spacial score (nSPS) is 10.2. The summed E-state index contributed by atoms with van der Waals surface area (Å²) < 4.78 is 5.14. The van der Waals surface area contributed by atoms with E-state index >= 15 is 0 Å². The van der Waals surface area contributed by atoms with Gasteiger partial charge in [0, 0.05) is 10.6 Å². The van der Waals surface area contributed by atoms with Gasteiger partial charge in [0.15, 0.2) is 0 Å². The van der Waals surface area contributed by atoms with Gasteiger partial charge >= 0.3 is 0 Å². The molecule has 72 valence electrons. The van der Waals surface area contributed by atoms with Gasteiger partial charge in [0.25, 0.3) is 0 Å². The van der Waals surface area contributed by atoms with Crippen LogP contribution >= 0.6 is 11.6 Å². The summed E-state index contributed by atoms with van der Waals surface area (Å²) in [4.78, 5) is 4.53. The average molecular weight is 202 g/mol. The molecule has 0 aromatic heterocycles. The lowest BCUT2D eigenvalue weighted by Gasteiger charge is -2.09. The molecule has 0 saturated heterocycles. The molecule has 3 nitrogen and oxygen atoms in total. The Bertz CT molecular complexity index is 302. The summed E-state index contributed by atoms with van der Waals surface area (Å²) in [6, 6.07) is 3.65. The Hall–Kier alpha value is -0.770. The van der Waals surface area contributed by atoms with E-state index in [0.29, 0.717) is 11.6 Å². The lowest BCUT2D eigenvalue weighted by molar-refractivity contribution is 0.122. The number of methoxy groups -OCH3 is 1. The predicted octanol–water partition coefficient (Wildman–Crippen LogP) is 2.05. The van der Waals surface area contributed by atoms with Gasteiger partial charge in [-0.3, -0.25) is 4.84 Å². The molecule has 1 aromatic rings. The summed E-state index contributed by atoms with van der Waals surface area (Å²) in [7, 11) is 1.60. The Morgan fingerprint density at radius 1 is 1.46 bits per heavy atom. The minimum Gasteiger partial charge on any atom is -0.496 e. The molecule has 2 N–H and O–H groups in total. The van der Waals surface area contributed by atoms with Gasteiger partial charge in [-0.25, -0.2) is 5.90 Å². The largest absolute Gasteiger partial charge is 0.496 e. The number of rotatable bonds is 3. The van der Waals surface area contributed by atoms with Gasteiger partial charge in [-0.05, 0) is 24.6 Å². The van der Waals surface area contributed by atoms with Crippen molar-refractivity contribution in [3.63, 3.8) is 0 Å².